The highest BCUT2D eigenvalue weighted by Gasteiger charge is 2.24. The zero-order valence-electron chi connectivity index (χ0n) is 15.4. The van der Waals surface area contributed by atoms with Gasteiger partial charge in [0.05, 0.1) is 4.90 Å². The third-order valence-corrected chi connectivity index (χ3v) is 6.40. The fourth-order valence-electron chi connectivity index (χ4n) is 3.08. The molecule has 0 aliphatic carbocycles. The number of carbonyl (C=O) groups is 1. The van der Waals surface area contributed by atoms with Crippen molar-refractivity contribution in [2.45, 2.75) is 17.7 Å². The number of nitrogens with one attached hydrogen (secondary N) is 1. The number of hydrogen-bond donors (Lipinski definition) is 1. The van der Waals surface area contributed by atoms with Gasteiger partial charge in [0, 0.05) is 24.7 Å². The molecule has 2 aromatic carbocycles. The minimum Gasteiger partial charge on any atom is -0.484 e. The second-order valence-electron chi connectivity index (χ2n) is 6.74. The summed E-state index contributed by atoms with van der Waals surface area (Å²) in [5.41, 5.74) is 0. The number of rotatable bonds is 7. The quantitative estimate of drug-likeness (QED) is 0.744. The number of nitrogens with zero attached hydrogens (tertiary/aromatic N) is 1. The number of likely N-dealkylation sites (tertiary alicyclic amines) is 1. The summed E-state index contributed by atoms with van der Waals surface area (Å²) in [7, 11) is -3.59. The Balaban J connectivity index is 1.43. The lowest BCUT2D eigenvalue weighted by Crippen LogP contribution is -2.43. The van der Waals surface area contributed by atoms with Crippen molar-refractivity contribution in [2.24, 2.45) is 5.92 Å². The number of benzene rings is 2. The van der Waals surface area contributed by atoms with Crippen LogP contribution in [-0.4, -0.2) is 45.5 Å². The van der Waals surface area contributed by atoms with Gasteiger partial charge in [0.25, 0.3) is 5.91 Å². The number of ether oxygens (including phenoxy) is 1. The highest BCUT2D eigenvalue weighted by molar-refractivity contribution is 7.89. The Hall–Kier alpha value is -2.09. The van der Waals surface area contributed by atoms with Crippen molar-refractivity contribution >= 4 is 27.5 Å². The molecule has 0 bridgehead atoms. The number of amides is 1. The van der Waals surface area contributed by atoms with Crippen LogP contribution in [0, 0.1) is 5.92 Å². The van der Waals surface area contributed by atoms with Gasteiger partial charge in [-0.1, -0.05) is 35.9 Å². The number of hydrogen-bond acceptors (Lipinski definition) is 4. The van der Waals surface area contributed by atoms with Crippen LogP contribution in [0.25, 0.3) is 0 Å². The maximum absolute atomic E-state index is 12.4. The van der Waals surface area contributed by atoms with Gasteiger partial charge in [-0.05, 0) is 49.1 Å². The molecule has 28 heavy (non-hydrogen) atoms. The average molecular weight is 423 g/mol. The largest absolute Gasteiger partial charge is 0.484 e. The van der Waals surface area contributed by atoms with Crippen molar-refractivity contribution in [3.8, 4) is 5.75 Å². The van der Waals surface area contributed by atoms with E-state index in [4.69, 9.17) is 16.3 Å². The molecule has 1 amide bonds. The van der Waals surface area contributed by atoms with Crippen LogP contribution in [0.4, 0.5) is 0 Å². The number of carbonyl (C=O) groups excluding carboxylic acids is 1. The Morgan fingerprint density at radius 1 is 1.11 bits per heavy atom. The zero-order valence-corrected chi connectivity index (χ0v) is 17.0. The van der Waals surface area contributed by atoms with Gasteiger partial charge in [0.15, 0.2) is 6.61 Å². The maximum atomic E-state index is 12.4. The minimum atomic E-state index is -3.59. The van der Waals surface area contributed by atoms with E-state index in [9.17, 15) is 13.2 Å². The Kier molecular flexibility index (Phi) is 6.93. The first kappa shape index (κ1) is 20.6. The molecule has 1 aliphatic heterocycles. The van der Waals surface area contributed by atoms with Crippen LogP contribution < -0.4 is 9.46 Å². The molecule has 0 unspecified atom stereocenters. The molecule has 6 nitrogen and oxygen atoms in total. The molecule has 0 atom stereocenters. The van der Waals surface area contributed by atoms with E-state index in [2.05, 4.69) is 4.72 Å². The molecule has 0 radical (unpaired) electrons. The molecule has 0 saturated carbocycles. The summed E-state index contributed by atoms with van der Waals surface area (Å²) in [6.45, 7) is 1.55. The van der Waals surface area contributed by atoms with Gasteiger partial charge in [0.1, 0.15) is 5.75 Å². The van der Waals surface area contributed by atoms with E-state index in [0.717, 1.165) is 12.8 Å². The Morgan fingerprint density at radius 3 is 2.50 bits per heavy atom. The van der Waals surface area contributed by atoms with Gasteiger partial charge in [-0.15, -0.1) is 0 Å². The molecule has 0 spiro atoms. The SMILES string of the molecule is O=C(COc1ccccc1)N1CCC(CNS(=O)(=O)c2cccc(Cl)c2)CC1. The standard InChI is InChI=1S/C20H23ClN2O4S/c21-17-5-4-8-19(13-17)28(25,26)22-14-16-9-11-23(12-10-16)20(24)15-27-18-6-2-1-3-7-18/h1-8,13,16,22H,9-12,14-15H2. The van der Waals surface area contributed by atoms with Gasteiger partial charge >= 0.3 is 0 Å². The van der Waals surface area contributed by atoms with Crippen molar-refractivity contribution in [3.05, 3.63) is 59.6 Å². The van der Waals surface area contributed by atoms with E-state index in [0.29, 0.717) is 30.4 Å². The summed E-state index contributed by atoms with van der Waals surface area (Å²) in [5.74, 6) is 0.802. The highest BCUT2D eigenvalue weighted by atomic mass is 35.5. The Labute approximate surface area is 170 Å². The Morgan fingerprint density at radius 2 is 1.82 bits per heavy atom. The van der Waals surface area contributed by atoms with E-state index in [1.54, 1.807) is 17.0 Å². The van der Waals surface area contributed by atoms with Gasteiger partial charge < -0.3 is 9.64 Å². The third kappa shape index (κ3) is 5.70. The number of piperidine rings is 1. The second-order valence-corrected chi connectivity index (χ2v) is 8.94. The molecule has 150 valence electrons. The van der Waals surface area contributed by atoms with Gasteiger partial charge in [-0.25, -0.2) is 13.1 Å². The third-order valence-electron chi connectivity index (χ3n) is 4.74. The van der Waals surface area contributed by atoms with Gasteiger partial charge in [-0.2, -0.15) is 0 Å². The topological polar surface area (TPSA) is 75.7 Å². The summed E-state index contributed by atoms with van der Waals surface area (Å²) < 4.78 is 32.9. The van der Waals surface area contributed by atoms with E-state index in [-0.39, 0.29) is 23.3 Å². The molecular formula is C20H23ClN2O4S. The Bertz CT molecular complexity index is 897. The van der Waals surface area contributed by atoms with Crippen molar-refractivity contribution in [2.75, 3.05) is 26.2 Å². The predicted octanol–water partition coefficient (Wildman–Crippen LogP) is 2.94. The van der Waals surface area contributed by atoms with Crippen LogP contribution in [0.2, 0.25) is 5.02 Å². The van der Waals surface area contributed by atoms with E-state index in [1.807, 2.05) is 30.3 Å². The summed E-state index contributed by atoms with van der Waals surface area (Å²) in [5, 5.41) is 0.382. The fraction of sp³-hybridized carbons (Fsp3) is 0.350. The summed E-state index contributed by atoms with van der Waals surface area (Å²) in [6, 6.07) is 15.4. The second kappa shape index (κ2) is 9.41. The maximum Gasteiger partial charge on any atom is 0.260 e. The molecule has 3 rings (SSSR count). The number of para-hydroxylation sites is 1. The van der Waals surface area contributed by atoms with Gasteiger partial charge in [0.2, 0.25) is 10.0 Å². The van der Waals surface area contributed by atoms with Crippen molar-refractivity contribution < 1.29 is 17.9 Å². The first-order chi connectivity index (χ1) is 13.4. The predicted molar refractivity (Wildman–Crippen MR) is 108 cm³/mol. The van der Waals surface area contributed by atoms with Crippen LogP contribution in [0.15, 0.2) is 59.5 Å². The first-order valence-corrected chi connectivity index (χ1v) is 11.0. The molecule has 1 heterocycles. The number of sulfonamides is 1. The molecule has 2 aromatic rings. The lowest BCUT2D eigenvalue weighted by molar-refractivity contribution is -0.134. The highest BCUT2D eigenvalue weighted by Crippen LogP contribution is 2.19. The van der Waals surface area contributed by atoms with Crippen molar-refractivity contribution in [3.63, 3.8) is 0 Å². The summed E-state index contributed by atoms with van der Waals surface area (Å²) in [4.78, 5) is 14.2. The first-order valence-electron chi connectivity index (χ1n) is 9.15. The van der Waals surface area contributed by atoms with Crippen LogP contribution in [0.1, 0.15) is 12.8 Å². The van der Waals surface area contributed by atoms with E-state index in [1.165, 1.54) is 12.1 Å². The van der Waals surface area contributed by atoms with E-state index >= 15 is 0 Å². The molecule has 1 aliphatic rings. The zero-order chi connectivity index (χ0) is 20.0. The minimum absolute atomic E-state index is 0.01000. The molecule has 0 aromatic heterocycles. The smallest absolute Gasteiger partial charge is 0.260 e. The van der Waals surface area contributed by atoms with Gasteiger partial charge in [-0.3, -0.25) is 4.79 Å². The lowest BCUT2D eigenvalue weighted by atomic mass is 9.97. The van der Waals surface area contributed by atoms with Crippen molar-refractivity contribution in [1.29, 1.82) is 0 Å². The van der Waals surface area contributed by atoms with Crippen LogP contribution >= 0.6 is 11.6 Å². The van der Waals surface area contributed by atoms with Crippen LogP contribution in [-0.2, 0) is 14.8 Å². The molecule has 1 fully saturated rings. The molecule has 8 heteroatoms. The monoisotopic (exact) mass is 422 g/mol. The van der Waals surface area contributed by atoms with Crippen LogP contribution in [0.5, 0.6) is 5.75 Å². The van der Waals surface area contributed by atoms with Crippen molar-refractivity contribution in [1.82, 2.24) is 9.62 Å². The summed E-state index contributed by atoms with van der Waals surface area (Å²) >= 11 is 5.87. The fourth-order valence-corrected chi connectivity index (χ4v) is 4.50. The molecule has 1 saturated heterocycles. The normalized spacial score (nSPS) is 15.4. The van der Waals surface area contributed by atoms with Crippen LogP contribution in [0.3, 0.4) is 0 Å². The van der Waals surface area contributed by atoms with E-state index < -0.39 is 10.0 Å². The lowest BCUT2D eigenvalue weighted by Gasteiger charge is -2.32. The molecular weight excluding hydrogens is 400 g/mol. The number of halogens is 1. The summed E-state index contributed by atoms with van der Waals surface area (Å²) in [6.07, 6.45) is 1.49. The molecule has 1 N–H and O–H groups in total. The average Bonchev–Trinajstić information content (AvgIpc) is 2.72.